The van der Waals surface area contributed by atoms with Gasteiger partial charge in [0.15, 0.2) is 0 Å². The second-order valence-corrected chi connectivity index (χ2v) is 4.76. The Morgan fingerprint density at radius 2 is 1.93 bits per heavy atom. The SMILES string of the molecule is Cc1cc2nnn(C(C)(C)C)c2cc1F. The van der Waals surface area contributed by atoms with Crippen molar-refractivity contribution >= 4 is 11.0 Å². The maximum Gasteiger partial charge on any atom is 0.128 e. The number of rotatable bonds is 0. The van der Waals surface area contributed by atoms with Crippen molar-refractivity contribution in [2.45, 2.75) is 33.2 Å². The summed E-state index contributed by atoms with van der Waals surface area (Å²) in [7, 11) is 0. The summed E-state index contributed by atoms with van der Waals surface area (Å²) >= 11 is 0. The van der Waals surface area contributed by atoms with Crippen LogP contribution in [0.2, 0.25) is 0 Å². The molecule has 0 fully saturated rings. The summed E-state index contributed by atoms with van der Waals surface area (Å²) in [6, 6.07) is 3.22. The van der Waals surface area contributed by atoms with Gasteiger partial charge in [-0.25, -0.2) is 9.07 Å². The lowest BCUT2D eigenvalue weighted by Gasteiger charge is -2.19. The van der Waals surface area contributed by atoms with Gasteiger partial charge in [0, 0.05) is 6.07 Å². The van der Waals surface area contributed by atoms with Crippen molar-refractivity contribution in [3.63, 3.8) is 0 Å². The van der Waals surface area contributed by atoms with Crippen molar-refractivity contribution in [1.29, 1.82) is 0 Å². The fraction of sp³-hybridized carbons (Fsp3) is 0.455. The molecule has 4 heteroatoms. The van der Waals surface area contributed by atoms with E-state index in [2.05, 4.69) is 10.3 Å². The molecule has 0 aliphatic carbocycles. The van der Waals surface area contributed by atoms with Gasteiger partial charge in [-0.05, 0) is 39.3 Å². The zero-order valence-corrected chi connectivity index (χ0v) is 9.37. The van der Waals surface area contributed by atoms with E-state index >= 15 is 0 Å². The van der Waals surface area contributed by atoms with Crippen LogP contribution in [0, 0.1) is 12.7 Å². The maximum absolute atomic E-state index is 13.4. The molecule has 1 aromatic carbocycles. The van der Waals surface area contributed by atoms with Gasteiger partial charge in [0.1, 0.15) is 11.3 Å². The molecule has 0 amide bonds. The highest BCUT2D eigenvalue weighted by Gasteiger charge is 2.18. The highest BCUT2D eigenvalue weighted by molar-refractivity contribution is 5.75. The van der Waals surface area contributed by atoms with Crippen LogP contribution >= 0.6 is 0 Å². The van der Waals surface area contributed by atoms with E-state index in [4.69, 9.17) is 0 Å². The van der Waals surface area contributed by atoms with E-state index in [1.54, 1.807) is 17.7 Å². The van der Waals surface area contributed by atoms with E-state index in [0.717, 1.165) is 11.0 Å². The van der Waals surface area contributed by atoms with E-state index in [0.29, 0.717) is 5.56 Å². The van der Waals surface area contributed by atoms with Gasteiger partial charge in [-0.3, -0.25) is 0 Å². The molecule has 0 radical (unpaired) electrons. The molecule has 0 unspecified atom stereocenters. The number of fused-ring (bicyclic) bond motifs is 1. The first kappa shape index (κ1) is 10.1. The molecule has 0 N–H and O–H groups in total. The van der Waals surface area contributed by atoms with E-state index in [-0.39, 0.29) is 11.4 Å². The van der Waals surface area contributed by atoms with Gasteiger partial charge in [0.25, 0.3) is 0 Å². The van der Waals surface area contributed by atoms with Gasteiger partial charge in [-0.15, -0.1) is 5.10 Å². The highest BCUT2D eigenvalue weighted by atomic mass is 19.1. The third-order valence-electron chi connectivity index (χ3n) is 2.36. The molecule has 0 bridgehead atoms. The number of nitrogens with zero attached hydrogens (tertiary/aromatic N) is 3. The summed E-state index contributed by atoms with van der Waals surface area (Å²) in [5.41, 5.74) is 1.90. The van der Waals surface area contributed by atoms with Gasteiger partial charge in [0.2, 0.25) is 0 Å². The van der Waals surface area contributed by atoms with E-state index in [1.165, 1.54) is 6.07 Å². The molecule has 2 rings (SSSR count). The molecule has 3 nitrogen and oxygen atoms in total. The normalized spacial score (nSPS) is 12.3. The zero-order chi connectivity index (χ0) is 11.2. The Labute approximate surface area is 87.9 Å². The van der Waals surface area contributed by atoms with Gasteiger partial charge in [-0.2, -0.15) is 0 Å². The first-order valence-corrected chi connectivity index (χ1v) is 4.91. The van der Waals surface area contributed by atoms with E-state index in [1.807, 2.05) is 20.8 Å². The fourth-order valence-electron chi connectivity index (χ4n) is 1.54. The molecular formula is C11H14FN3. The lowest BCUT2D eigenvalue weighted by molar-refractivity contribution is 0.358. The molecule has 0 atom stereocenters. The van der Waals surface area contributed by atoms with Gasteiger partial charge in [-0.1, -0.05) is 5.21 Å². The number of aromatic nitrogens is 3. The van der Waals surface area contributed by atoms with Crippen LogP contribution in [-0.4, -0.2) is 15.0 Å². The topological polar surface area (TPSA) is 30.7 Å². The third kappa shape index (κ3) is 1.60. The molecule has 2 aromatic rings. The zero-order valence-electron chi connectivity index (χ0n) is 9.37. The summed E-state index contributed by atoms with van der Waals surface area (Å²) in [5.74, 6) is -0.213. The predicted octanol–water partition coefficient (Wildman–Crippen LogP) is 2.63. The molecule has 0 aliphatic rings. The molecule has 80 valence electrons. The summed E-state index contributed by atoms with van der Waals surface area (Å²) in [4.78, 5) is 0. The predicted molar refractivity (Wildman–Crippen MR) is 57.2 cm³/mol. The Hall–Kier alpha value is -1.45. The lowest BCUT2D eigenvalue weighted by atomic mass is 10.1. The van der Waals surface area contributed by atoms with Crippen LogP contribution in [0.4, 0.5) is 4.39 Å². The number of aryl methyl sites for hydroxylation is 1. The molecule has 0 aliphatic heterocycles. The largest absolute Gasteiger partial charge is 0.239 e. The summed E-state index contributed by atoms with van der Waals surface area (Å²) in [6.45, 7) is 7.77. The van der Waals surface area contributed by atoms with E-state index < -0.39 is 0 Å². The number of benzene rings is 1. The molecule has 1 heterocycles. The maximum atomic E-state index is 13.4. The molecule has 15 heavy (non-hydrogen) atoms. The van der Waals surface area contributed by atoms with E-state index in [9.17, 15) is 4.39 Å². The standard InChI is InChI=1S/C11H14FN3/c1-7-5-9-10(6-8(7)12)15(14-13-9)11(2,3)4/h5-6H,1-4H3. The molecule has 0 saturated heterocycles. The number of hydrogen-bond acceptors (Lipinski definition) is 2. The average Bonchev–Trinajstić information content (AvgIpc) is 2.47. The summed E-state index contributed by atoms with van der Waals surface area (Å²) < 4.78 is 15.2. The van der Waals surface area contributed by atoms with Crippen molar-refractivity contribution in [3.05, 3.63) is 23.5 Å². The van der Waals surface area contributed by atoms with Crippen LogP contribution in [0.25, 0.3) is 11.0 Å². The summed E-state index contributed by atoms with van der Waals surface area (Å²) in [6.07, 6.45) is 0. The van der Waals surface area contributed by atoms with Crippen molar-refractivity contribution in [1.82, 2.24) is 15.0 Å². The quantitative estimate of drug-likeness (QED) is 0.664. The van der Waals surface area contributed by atoms with Crippen molar-refractivity contribution < 1.29 is 4.39 Å². The van der Waals surface area contributed by atoms with Crippen molar-refractivity contribution in [2.75, 3.05) is 0 Å². The van der Waals surface area contributed by atoms with Crippen molar-refractivity contribution in [2.24, 2.45) is 0 Å². The van der Waals surface area contributed by atoms with Crippen LogP contribution in [0.5, 0.6) is 0 Å². The van der Waals surface area contributed by atoms with Crippen molar-refractivity contribution in [3.8, 4) is 0 Å². The smallest absolute Gasteiger partial charge is 0.128 e. The second-order valence-electron chi connectivity index (χ2n) is 4.76. The fourth-order valence-corrected chi connectivity index (χ4v) is 1.54. The highest BCUT2D eigenvalue weighted by Crippen LogP contribution is 2.22. The van der Waals surface area contributed by atoms with Crippen LogP contribution < -0.4 is 0 Å². The molecule has 0 saturated carbocycles. The average molecular weight is 207 g/mol. The third-order valence-corrected chi connectivity index (χ3v) is 2.36. The first-order valence-electron chi connectivity index (χ1n) is 4.91. The lowest BCUT2D eigenvalue weighted by Crippen LogP contribution is -2.23. The van der Waals surface area contributed by atoms with Gasteiger partial charge in [0.05, 0.1) is 11.1 Å². The molecular weight excluding hydrogens is 193 g/mol. The van der Waals surface area contributed by atoms with Crippen LogP contribution in [0.15, 0.2) is 12.1 Å². The molecule has 0 spiro atoms. The Morgan fingerprint density at radius 3 is 2.53 bits per heavy atom. The monoisotopic (exact) mass is 207 g/mol. The number of hydrogen-bond donors (Lipinski definition) is 0. The minimum Gasteiger partial charge on any atom is -0.239 e. The second kappa shape index (κ2) is 3.02. The van der Waals surface area contributed by atoms with Gasteiger partial charge < -0.3 is 0 Å². The van der Waals surface area contributed by atoms with Crippen LogP contribution in [-0.2, 0) is 5.54 Å². The number of halogens is 1. The first-order chi connectivity index (χ1) is 6.89. The Balaban J connectivity index is 2.75. The Morgan fingerprint density at radius 1 is 1.27 bits per heavy atom. The van der Waals surface area contributed by atoms with Crippen LogP contribution in [0.3, 0.4) is 0 Å². The Kier molecular flexibility index (Phi) is 2.03. The summed E-state index contributed by atoms with van der Waals surface area (Å²) in [5, 5.41) is 8.08. The minimum atomic E-state index is -0.213. The van der Waals surface area contributed by atoms with Crippen LogP contribution in [0.1, 0.15) is 26.3 Å². The van der Waals surface area contributed by atoms with Gasteiger partial charge >= 0.3 is 0 Å². The minimum absolute atomic E-state index is 0.184. The molecule has 1 aromatic heterocycles. The Bertz CT molecular complexity index is 508.